The Bertz CT molecular complexity index is 1680. The Labute approximate surface area is 306 Å². The van der Waals surface area contributed by atoms with Gasteiger partial charge in [-0.3, -0.25) is 19.2 Å². The van der Waals surface area contributed by atoms with E-state index in [1.807, 2.05) is 32.3 Å². The van der Waals surface area contributed by atoms with E-state index in [1.165, 1.54) is 23.1 Å². The number of thioether (sulfide) groups is 1. The smallest absolute Gasteiger partial charge is 0.318 e. The number of rotatable bonds is 13. The number of likely N-dealkylation sites (N-methyl/N-ethyl adjacent to an activating group) is 1. The lowest BCUT2D eigenvalue weighted by Gasteiger charge is -2.35. The van der Waals surface area contributed by atoms with Crippen LogP contribution < -0.4 is 16.0 Å². The van der Waals surface area contributed by atoms with Gasteiger partial charge < -0.3 is 35.8 Å². The van der Waals surface area contributed by atoms with Crippen molar-refractivity contribution < 1.29 is 29.1 Å². The Hall–Kier alpha value is -4.47. The van der Waals surface area contributed by atoms with Gasteiger partial charge in [0.2, 0.25) is 5.91 Å². The van der Waals surface area contributed by atoms with E-state index in [9.17, 15) is 24.0 Å². The minimum atomic E-state index is -1.04. The second-order valence-corrected chi connectivity index (χ2v) is 15.1. The number of carboxylic acid groups (broad SMARTS) is 1. The van der Waals surface area contributed by atoms with Crippen LogP contribution in [0.3, 0.4) is 0 Å². The number of amides is 5. The molecule has 3 aromatic rings. The van der Waals surface area contributed by atoms with Crippen molar-refractivity contribution in [1.82, 2.24) is 30.3 Å². The molecular weight excluding hydrogens is 691 g/mol. The second kappa shape index (κ2) is 17.6. The standard InChI is InChI=1S/C36H45N7O6S2/c1-23(2)37-32(46)26-15-13-24(14-16-26)27-21-51-35(38-27)40-33(47)28-22-50-29(11-7-8-12-30(44)45)43(28)34(48)31(25-9-5-4-6-10-25)39-36(49)42-19-17-41(3)18-20-42/h4-6,9-10,13-16,21,23,28-29,31H,7-8,11-12,17-20,22H2,1-3H3,(H,37,46)(H,39,49)(H,44,45)(H,38,40,47)/t28-,29?,31+/m0/s1. The molecule has 2 aliphatic heterocycles. The average molecular weight is 736 g/mol. The quantitative estimate of drug-likeness (QED) is 0.185. The molecule has 4 N–H and O–H groups in total. The monoisotopic (exact) mass is 735 g/mol. The normalized spacial score (nSPS) is 18.4. The van der Waals surface area contributed by atoms with Crippen LogP contribution in [0.15, 0.2) is 60.0 Å². The lowest BCUT2D eigenvalue weighted by molar-refractivity contribution is -0.140. The summed E-state index contributed by atoms with van der Waals surface area (Å²) in [4.78, 5) is 75.6. The Morgan fingerprint density at radius 3 is 2.31 bits per heavy atom. The fraction of sp³-hybridized carbons (Fsp3) is 0.444. The van der Waals surface area contributed by atoms with Crippen molar-refractivity contribution in [3.05, 3.63) is 71.1 Å². The number of piperazine rings is 1. The molecule has 5 rings (SSSR count). The molecule has 0 aliphatic carbocycles. The number of thiazole rings is 1. The van der Waals surface area contributed by atoms with Gasteiger partial charge in [-0.1, -0.05) is 42.5 Å². The molecule has 5 amide bonds. The molecule has 0 radical (unpaired) electrons. The number of aromatic nitrogens is 1. The summed E-state index contributed by atoms with van der Waals surface area (Å²) in [5, 5.41) is 19.7. The molecule has 2 aliphatic rings. The molecular formula is C36H45N7O6S2. The van der Waals surface area contributed by atoms with Crippen LogP contribution >= 0.6 is 23.1 Å². The fourth-order valence-electron chi connectivity index (χ4n) is 5.98. The SMILES string of the molecule is CC(C)NC(=O)c1ccc(-c2csc(NC(=O)[C@@H]3CSC(CCCCC(=O)O)N3C(=O)[C@H](NC(=O)N3CCN(C)CC3)c3ccccc3)n2)cc1. The molecule has 2 fully saturated rings. The Kier molecular flexibility index (Phi) is 13.1. The van der Waals surface area contributed by atoms with E-state index >= 15 is 0 Å². The maximum Gasteiger partial charge on any atom is 0.318 e. The predicted molar refractivity (Wildman–Crippen MR) is 199 cm³/mol. The largest absolute Gasteiger partial charge is 0.481 e. The molecule has 2 aromatic carbocycles. The zero-order chi connectivity index (χ0) is 36.5. The summed E-state index contributed by atoms with van der Waals surface area (Å²) in [5.41, 5.74) is 2.55. The third kappa shape index (κ3) is 10.1. The third-order valence-corrected chi connectivity index (χ3v) is 10.9. The summed E-state index contributed by atoms with van der Waals surface area (Å²) in [6, 6.07) is 13.9. The van der Waals surface area contributed by atoms with Gasteiger partial charge >= 0.3 is 12.0 Å². The van der Waals surface area contributed by atoms with Crippen LogP contribution in [-0.4, -0.2) is 111 Å². The zero-order valence-electron chi connectivity index (χ0n) is 29.0. The van der Waals surface area contributed by atoms with Gasteiger partial charge in [0, 0.05) is 60.9 Å². The number of unbranched alkanes of at least 4 members (excludes halogenated alkanes) is 1. The minimum absolute atomic E-state index is 0.0171. The van der Waals surface area contributed by atoms with E-state index in [1.54, 1.807) is 58.3 Å². The minimum Gasteiger partial charge on any atom is -0.481 e. The van der Waals surface area contributed by atoms with Gasteiger partial charge in [0.1, 0.15) is 12.1 Å². The molecule has 51 heavy (non-hydrogen) atoms. The van der Waals surface area contributed by atoms with Crippen molar-refractivity contribution in [1.29, 1.82) is 0 Å². The number of aliphatic carboxylic acids is 1. The van der Waals surface area contributed by atoms with Gasteiger partial charge in [-0.15, -0.1) is 23.1 Å². The van der Waals surface area contributed by atoms with Crippen LogP contribution in [0.2, 0.25) is 0 Å². The first kappa shape index (κ1) is 37.8. The molecule has 1 unspecified atom stereocenters. The van der Waals surface area contributed by atoms with Gasteiger partial charge in [0.15, 0.2) is 5.13 Å². The molecule has 272 valence electrons. The number of anilines is 1. The first-order valence-corrected chi connectivity index (χ1v) is 19.0. The van der Waals surface area contributed by atoms with Gasteiger partial charge in [0.05, 0.1) is 11.1 Å². The van der Waals surface area contributed by atoms with Crippen LogP contribution in [0.25, 0.3) is 11.3 Å². The molecule has 0 saturated carbocycles. The van der Waals surface area contributed by atoms with E-state index < -0.39 is 35.2 Å². The number of benzene rings is 2. The second-order valence-electron chi connectivity index (χ2n) is 13.0. The number of nitrogens with zero attached hydrogens (tertiary/aromatic N) is 4. The first-order chi connectivity index (χ1) is 24.5. The first-order valence-electron chi connectivity index (χ1n) is 17.1. The van der Waals surface area contributed by atoms with Gasteiger partial charge in [-0.25, -0.2) is 9.78 Å². The van der Waals surface area contributed by atoms with Crippen molar-refractivity contribution in [2.24, 2.45) is 0 Å². The number of nitrogens with one attached hydrogen (secondary N) is 3. The molecule has 3 atom stereocenters. The maximum absolute atomic E-state index is 14.6. The summed E-state index contributed by atoms with van der Waals surface area (Å²) in [7, 11) is 2.00. The zero-order valence-corrected chi connectivity index (χ0v) is 30.7. The van der Waals surface area contributed by atoms with Gasteiger partial charge in [-0.05, 0) is 57.9 Å². The van der Waals surface area contributed by atoms with Crippen molar-refractivity contribution in [2.45, 2.75) is 63.0 Å². The number of urea groups is 1. The molecule has 0 spiro atoms. The van der Waals surface area contributed by atoms with Crippen LogP contribution in [0.4, 0.5) is 9.93 Å². The summed E-state index contributed by atoms with van der Waals surface area (Å²) >= 11 is 2.73. The highest BCUT2D eigenvalue weighted by molar-refractivity contribution is 8.00. The number of carboxylic acids is 1. The molecule has 13 nitrogen and oxygen atoms in total. The average Bonchev–Trinajstić information content (AvgIpc) is 3.76. The predicted octanol–water partition coefficient (Wildman–Crippen LogP) is 4.50. The van der Waals surface area contributed by atoms with Crippen molar-refractivity contribution in [3.63, 3.8) is 0 Å². The number of hydrogen-bond donors (Lipinski definition) is 4. The maximum atomic E-state index is 14.6. The Balaban J connectivity index is 1.34. The summed E-state index contributed by atoms with van der Waals surface area (Å²) < 4.78 is 0. The summed E-state index contributed by atoms with van der Waals surface area (Å²) in [6.45, 7) is 6.30. The highest BCUT2D eigenvalue weighted by Crippen LogP contribution is 2.36. The van der Waals surface area contributed by atoms with Crippen molar-refractivity contribution in [3.8, 4) is 11.3 Å². The number of carbonyl (C=O) groups is 5. The van der Waals surface area contributed by atoms with E-state index in [2.05, 4.69) is 25.8 Å². The van der Waals surface area contributed by atoms with E-state index in [-0.39, 0.29) is 24.4 Å². The molecule has 3 heterocycles. The summed E-state index contributed by atoms with van der Waals surface area (Å²) in [6.07, 6.45) is 1.51. The molecule has 2 saturated heterocycles. The van der Waals surface area contributed by atoms with E-state index in [0.29, 0.717) is 60.1 Å². The number of hydrogen-bond acceptors (Lipinski definition) is 9. The highest BCUT2D eigenvalue weighted by atomic mass is 32.2. The van der Waals surface area contributed by atoms with Gasteiger partial charge in [-0.2, -0.15) is 0 Å². The van der Waals surface area contributed by atoms with Gasteiger partial charge in [0.25, 0.3) is 11.8 Å². The molecule has 15 heteroatoms. The van der Waals surface area contributed by atoms with Crippen LogP contribution in [0.5, 0.6) is 0 Å². The lowest BCUT2D eigenvalue weighted by atomic mass is 10.0. The third-order valence-electron chi connectivity index (χ3n) is 8.78. The number of carbonyl (C=O) groups excluding carboxylic acids is 4. The van der Waals surface area contributed by atoms with Crippen LogP contribution in [0.1, 0.15) is 61.5 Å². The molecule has 1 aromatic heterocycles. The highest BCUT2D eigenvalue weighted by Gasteiger charge is 2.44. The van der Waals surface area contributed by atoms with E-state index in [0.717, 1.165) is 18.7 Å². The topological polar surface area (TPSA) is 164 Å². The van der Waals surface area contributed by atoms with Crippen molar-refractivity contribution >= 4 is 58.0 Å². The van der Waals surface area contributed by atoms with Crippen molar-refractivity contribution in [2.75, 3.05) is 44.3 Å². The summed E-state index contributed by atoms with van der Waals surface area (Å²) in [5.74, 6) is -1.52. The Morgan fingerprint density at radius 1 is 0.941 bits per heavy atom. The van der Waals surface area contributed by atoms with E-state index in [4.69, 9.17) is 5.11 Å². The van der Waals surface area contributed by atoms with Crippen LogP contribution in [0, 0.1) is 0 Å². The molecule has 0 bridgehead atoms. The lowest BCUT2D eigenvalue weighted by Crippen LogP contribution is -2.55. The fourth-order valence-corrected chi connectivity index (χ4v) is 8.16. The van der Waals surface area contributed by atoms with Crippen LogP contribution in [-0.2, 0) is 14.4 Å². The Morgan fingerprint density at radius 2 is 1.65 bits per heavy atom.